The molecule has 1 aliphatic rings. The van der Waals surface area contributed by atoms with Crippen LogP contribution in [0.15, 0.2) is 18.2 Å². The number of aryl methyl sites for hydroxylation is 2. The first-order valence-electron chi connectivity index (χ1n) is 5.90. The zero-order valence-electron chi connectivity index (χ0n) is 9.83. The number of nitrogens with one attached hydrogen (secondary N) is 1. The Kier molecular flexibility index (Phi) is 2.21. The second-order valence-corrected chi connectivity index (χ2v) is 4.66. The van der Waals surface area contributed by atoms with Gasteiger partial charge in [0, 0.05) is 19.5 Å². The van der Waals surface area contributed by atoms with Gasteiger partial charge in [-0.25, -0.2) is 4.98 Å². The third kappa shape index (κ3) is 1.35. The highest BCUT2D eigenvalue weighted by Crippen LogP contribution is 2.26. The van der Waals surface area contributed by atoms with Gasteiger partial charge in [-0.3, -0.25) is 0 Å². The largest absolute Gasteiger partial charge is 0.331 e. The van der Waals surface area contributed by atoms with Gasteiger partial charge in [-0.1, -0.05) is 12.1 Å². The number of rotatable bonds is 1. The van der Waals surface area contributed by atoms with Crippen LogP contribution in [0.2, 0.25) is 0 Å². The molecule has 84 valence electrons. The summed E-state index contributed by atoms with van der Waals surface area (Å²) in [5, 5.41) is 3.40. The molecule has 1 aromatic heterocycles. The van der Waals surface area contributed by atoms with Crippen molar-refractivity contribution in [1.82, 2.24) is 14.9 Å². The third-order valence-corrected chi connectivity index (χ3v) is 3.56. The van der Waals surface area contributed by atoms with Crippen LogP contribution in [0.4, 0.5) is 0 Å². The summed E-state index contributed by atoms with van der Waals surface area (Å²) in [7, 11) is 2.13. The van der Waals surface area contributed by atoms with Gasteiger partial charge in [-0.2, -0.15) is 0 Å². The fourth-order valence-electron chi connectivity index (χ4n) is 2.72. The summed E-state index contributed by atoms with van der Waals surface area (Å²) < 4.78 is 2.27. The molecule has 3 nitrogen and oxygen atoms in total. The predicted molar refractivity (Wildman–Crippen MR) is 65.7 cm³/mol. The molecule has 1 unspecified atom stereocenters. The van der Waals surface area contributed by atoms with Crippen LogP contribution in [0, 0.1) is 6.92 Å². The van der Waals surface area contributed by atoms with Gasteiger partial charge in [0.05, 0.1) is 11.0 Å². The van der Waals surface area contributed by atoms with E-state index in [1.54, 1.807) is 0 Å². The smallest absolute Gasteiger partial charge is 0.114 e. The fourth-order valence-corrected chi connectivity index (χ4v) is 2.72. The van der Waals surface area contributed by atoms with Crippen molar-refractivity contribution in [1.29, 1.82) is 0 Å². The van der Waals surface area contributed by atoms with Gasteiger partial charge in [0.15, 0.2) is 0 Å². The Balaban J connectivity index is 2.19. The Bertz CT molecular complexity index is 521. The van der Waals surface area contributed by atoms with Gasteiger partial charge in [0.2, 0.25) is 0 Å². The molecular formula is C13H17N3. The van der Waals surface area contributed by atoms with E-state index in [0.717, 1.165) is 18.6 Å². The molecule has 16 heavy (non-hydrogen) atoms. The van der Waals surface area contributed by atoms with Gasteiger partial charge in [-0.05, 0) is 31.5 Å². The number of hydrogen-bond acceptors (Lipinski definition) is 2. The van der Waals surface area contributed by atoms with Gasteiger partial charge in [-0.15, -0.1) is 0 Å². The third-order valence-electron chi connectivity index (χ3n) is 3.56. The topological polar surface area (TPSA) is 29.9 Å². The van der Waals surface area contributed by atoms with Gasteiger partial charge < -0.3 is 9.88 Å². The van der Waals surface area contributed by atoms with E-state index in [0.29, 0.717) is 5.92 Å². The first-order chi connectivity index (χ1) is 7.77. The molecule has 0 spiro atoms. The van der Waals surface area contributed by atoms with Crippen molar-refractivity contribution in [2.24, 2.45) is 7.05 Å². The first kappa shape index (κ1) is 9.85. The SMILES string of the molecule is Cc1cccc2nc(C3CCNC3)n(C)c12. The summed E-state index contributed by atoms with van der Waals surface area (Å²) >= 11 is 0. The lowest BCUT2D eigenvalue weighted by Gasteiger charge is -2.08. The van der Waals surface area contributed by atoms with E-state index in [1.165, 1.54) is 23.3 Å². The van der Waals surface area contributed by atoms with E-state index in [9.17, 15) is 0 Å². The molecular weight excluding hydrogens is 198 g/mol. The summed E-state index contributed by atoms with van der Waals surface area (Å²) in [6.45, 7) is 4.34. The van der Waals surface area contributed by atoms with Crippen molar-refractivity contribution >= 4 is 11.0 Å². The normalized spacial score (nSPS) is 20.8. The van der Waals surface area contributed by atoms with E-state index in [-0.39, 0.29) is 0 Å². The maximum atomic E-state index is 4.78. The van der Waals surface area contributed by atoms with Crippen molar-refractivity contribution in [3.8, 4) is 0 Å². The van der Waals surface area contributed by atoms with Crippen LogP contribution < -0.4 is 5.32 Å². The van der Waals surface area contributed by atoms with Crippen molar-refractivity contribution in [3.05, 3.63) is 29.6 Å². The number of benzene rings is 1. The molecule has 2 heterocycles. The molecule has 0 amide bonds. The van der Waals surface area contributed by atoms with Gasteiger partial charge >= 0.3 is 0 Å². The van der Waals surface area contributed by atoms with Crippen molar-refractivity contribution < 1.29 is 0 Å². The Labute approximate surface area is 95.5 Å². The molecule has 0 radical (unpaired) electrons. The predicted octanol–water partition coefficient (Wildman–Crippen LogP) is 1.96. The molecule has 1 atom stereocenters. The van der Waals surface area contributed by atoms with Gasteiger partial charge in [0.1, 0.15) is 5.82 Å². The second kappa shape index (κ2) is 3.59. The van der Waals surface area contributed by atoms with E-state index in [1.807, 2.05) is 0 Å². The Morgan fingerprint density at radius 3 is 3.00 bits per heavy atom. The zero-order valence-corrected chi connectivity index (χ0v) is 9.83. The van der Waals surface area contributed by atoms with E-state index in [2.05, 4.69) is 42.1 Å². The van der Waals surface area contributed by atoms with Crippen LogP contribution in [0.3, 0.4) is 0 Å². The van der Waals surface area contributed by atoms with Crippen LogP contribution in [0.1, 0.15) is 23.7 Å². The quantitative estimate of drug-likeness (QED) is 0.788. The lowest BCUT2D eigenvalue weighted by atomic mass is 10.1. The average molecular weight is 215 g/mol. The van der Waals surface area contributed by atoms with Crippen LogP contribution in [0.5, 0.6) is 0 Å². The van der Waals surface area contributed by atoms with E-state index in [4.69, 9.17) is 4.98 Å². The van der Waals surface area contributed by atoms with Crippen LogP contribution in [-0.4, -0.2) is 22.6 Å². The summed E-state index contributed by atoms with van der Waals surface area (Å²) in [5.74, 6) is 1.81. The lowest BCUT2D eigenvalue weighted by Crippen LogP contribution is -2.11. The monoisotopic (exact) mass is 215 g/mol. The summed E-state index contributed by atoms with van der Waals surface area (Å²) in [5.41, 5.74) is 3.72. The minimum Gasteiger partial charge on any atom is -0.331 e. The van der Waals surface area contributed by atoms with Gasteiger partial charge in [0.25, 0.3) is 0 Å². The van der Waals surface area contributed by atoms with Crippen LogP contribution >= 0.6 is 0 Å². The Morgan fingerprint density at radius 2 is 2.31 bits per heavy atom. The highest BCUT2D eigenvalue weighted by atomic mass is 15.1. The number of para-hydroxylation sites is 1. The maximum absolute atomic E-state index is 4.78. The molecule has 1 aliphatic heterocycles. The molecule has 0 aliphatic carbocycles. The molecule has 3 heteroatoms. The van der Waals surface area contributed by atoms with Crippen molar-refractivity contribution in [2.45, 2.75) is 19.3 Å². The average Bonchev–Trinajstić information content (AvgIpc) is 2.86. The summed E-state index contributed by atoms with van der Waals surface area (Å²) in [6.07, 6.45) is 1.20. The molecule has 3 rings (SSSR count). The number of imidazole rings is 1. The number of fused-ring (bicyclic) bond motifs is 1. The second-order valence-electron chi connectivity index (χ2n) is 4.66. The standard InChI is InChI=1S/C13H17N3/c1-9-4-3-5-11-12(9)16(2)13(15-11)10-6-7-14-8-10/h3-5,10,14H,6-8H2,1-2H3. The van der Waals surface area contributed by atoms with Crippen molar-refractivity contribution in [2.75, 3.05) is 13.1 Å². The van der Waals surface area contributed by atoms with Crippen molar-refractivity contribution in [3.63, 3.8) is 0 Å². The summed E-state index contributed by atoms with van der Waals surface area (Å²) in [6, 6.07) is 6.34. The lowest BCUT2D eigenvalue weighted by molar-refractivity contribution is 0.667. The van der Waals surface area contributed by atoms with Crippen LogP contribution in [-0.2, 0) is 7.05 Å². The van der Waals surface area contributed by atoms with E-state index < -0.39 is 0 Å². The molecule has 1 aromatic carbocycles. The highest BCUT2D eigenvalue weighted by molar-refractivity contribution is 5.79. The molecule has 1 N–H and O–H groups in total. The molecule has 1 saturated heterocycles. The molecule has 0 bridgehead atoms. The maximum Gasteiger partial charge on any atom is 0.114 e. The molecule has 2 aromatic rings. The molecule has 0 saturated carbocycles. The first-order valence-corrected chi connectivity index (χ1v) is 5.90. The van der Waals surface area contributed by atoms with Crippen LogP contribution in [0.25, 0.3) is 11.0 Å². The highest BCUT2D eigenvalue weighted by Gasteiger charge is 2.22. The van der Waals surface area contributed by atoms with E-state index >= 15 is 0 Å². The zero-order chi connectivity index (χ0) is 11.1. The number of nitrogens with zero attached hydrogens (tertiary/aromatic N) is 2. The Morgan fingerprint density at radius 1 is 1.44 bits per heavy atom. The number of hydrogen-bond donors (Lipinski definition) is 1. The minimum atomic E-state index is 0.580. The summed E-state index contributed by atoms with van der Waals surface area (Å²) in [4.78, 5) is 4.78. The minimum absolute atomic E-state index is 0.580. The number of aromatic nitrogens is 2. The Hall–Kier alpha value is -1.35. The fraction of sp³-hybridized carbons (Fsp3) is 0.462. The molecule has 1 fully saturated rings.